The number of hydrogen-bond acceptors (Lipinski definition) is 4. The van der Waals surface area contributed by atoms with E-state index in [2.05, 4.69) is 12.2 Å². The van der Waals surface area contributed by atoms with Gasteiger partial charge in [0.25, 0.3) is 5.69 Å². The third-order valence-electron chi connectivity index (χ3n) is 3.91. The van der Waals surface area contributed by atoms with Gasteiger partial charge in [0.05, 0.1) is 21.0 Å². The lowest BCUT2D eigenvalue weighted by Gasteiger charge is -2.31. The van der Waals surface area contributed by atoms with Gasteiger partial charge >= 0.3 is 0 Å². The summed E-state index contributed by atoms with van der Waals surface area (Å²) in [6.45, 7) is 3.07. The van der Waals surface area contributed by atoms with Crippen LogP contribution in [0.5, 0.6) is 0 Å². The molecular formula is C15H22N2O3S. The number of rotatable bonds is 6. The summed E-state index contributed by atoms with van der Waals surface area (Å²) < 4.78 is 12.8. The van der Waals surface area contributed by atoms with Gasteiger partial charge < -0.3 is 5.32 Å². The molecule has 2 rings (SSSR count). The molecule has 0 aliphatic heterocycles. The monoisotopic (exact) mass is 310 g/mol. The summed E-state index contributed by atoms with van der Waals surface area (Å²) in [6.07, 6.45) is 5.35. The third-order valence-corrected chi connectivity index (χ3v) is 5.76. The van der Waals surface area contributed by atoms with Crippen molar-refractivity contribution in [2.24, 2.45) is 0 Å². The zero-order chi connectivity index (χ0) is 15.2. The van der Waals surface area contributed by atoms with E-state index in [0.717, 1.165) is 32.2 Å². The van der Waals surface area contributed by atoms with Crippen LogP contribution in [0.4, 0.5) is 5.69 Å². The lowest BCUT2D eigenvalue weighted by molar-refractivity contribution is -0.384. The van der Waals surface area contributed by atoms with E-state index in [1.54, 1.807) is 12.1 Å². The number of nitro groups is 1. The van der Waals surface area contributed by atoms with E-state index < -0.39 is 15.7 Å². The van der Waals surface area contributed by atoms with Crippen LogP contribution in [0.15, 0.2) is 29.2 Å². The predicted molar refractivity (Wildman–Crippen MR) is 83.8 cm³/mol. The highest BCUT2D eigenvalue weighted by Gasteiger charge is 2.30. The van der Waals surface area contributed by atoms with Gasteiger partial charge in [0.15, 0.2) is 0 Å². The molecule has 1 aliphatic rings. The zero-order valence-corrected chi connectivity index (χ0v) is 13.1. The lowest BCUT2D eigenvalue weighted by atomic mass is 9.95. The molecule has 0 saturated heterocycles. The van der Waals surface area contributed by atoms with Gasteiger partial charge in [0, 0.05) is 23.1 Å². The average molecular weight is 310 g/mol. The van der Waals surface area contributed by atoms with Crippen molar-refractivity contribution in [3.63, 3.8) is 0 Å². The second kappa shape index (κ2) is 7.66. The molecule has 1 aliphatic carbocycles. The maximum Gasteiger partial charge on any atom is 0.269 e. The van der Waals surface area contributed by atoms with Gasteiger partial charge in [-0.05, 0) is 37.9 Å². The third kappa shape index (κ3) is 4.11. The van der Waals surface area contributed by atoms with Gasteiger partial charge in [0.2, 0.25) is 0 Å². The minimum absolute atomic E-state index is 0.0417. The zero-order valence-electron chi connectivity index (χ0n) is 12.3. The van der Waals surface area contributed by atoms with Crippen molar-refractivity contribution in [2.45, 2.75) is 55.2 Å². The molecule has 3 unspecified atom stereocenters. The maximum absolute atomic E-state index is 12.8. The van der Waals surface area contributed by atoms with Crippen molar-refractivity contribution < 1.29 is 9.13 Å². The molecule has 0 aromatic heterocycles. The minimum Gasteiger partial charge on any atom is -0.313 e. The first kappa shape index (κ1) is 16.1. The van der Waals surface area contributed by atoms with Crippen LogP contribution in [0.25, 0.3) is 0 Å². The van der Waals surface area contributed by atoms with E-state index in [9.17, 15) is 14.3 Å². The molecule has 0 amide bonds. The maximum atomic E-state index is 12.8. The van der Waals surface area contributed by atoms with Gasteiger partial charge in [-0.1, -0.05) is 19.8 Å². The Hall–Kier alpha value is -1.27. The van der Waals surface area contributed by atoms with Crippen LogP contribution < -0.4 is 5.32 Å². The average Bonchev–Trinajstić information content (AvgIpc) is 2.52. The Morgan fingerprint density at radius 3 is 2.57 bits per heavy atom. The number of non-ortho nitro benzene ring substituents is 1. The van der Waals surface area contributed by atoms with Crippen LogP contribution >= 0.6 is 0 Å². The summed E-state index contributed by atoms with van der Waals surface area (Å²) in [5.41, 5.74) is 0.0417. The van der Waals surface area contributed by atoms with Gasteiger partial charge in [-0.3, -0.25) is 14.3 Å². The Balaban J connectivity index is 2.10. The van der Waals surface area contributed by atoms with Crippen LogP contribution in [0.1, 0.15) is 39.0 Å². The molecule has 0 heterocycles. The van der Waals surface area contributed by atoms with Crippen molar-refractivity contribution >= 4 is 16.5 Å². The molecule has 0 bridgehead atoms. The summed E-state index contributed by atoms with van der Waals surface area (Å²) in [6, 6.07) is 6.41. The van der Waals surface area contributed by atoms with E-state index in [4.69, 9.17) is 0 Å². The fourth-order valence-corrected chi connectivity index (χ4v) is 4.46. The Kier molecular flexibility index (Phi) is 5.87. The van der Waals surface area contributed by atoms with E-state index >= 15 is 0 Å². The predicted octanol–water partition coefficient (Wildman–Crippen LogP) is 3.01. The molecule has 0 radical (unpaired) electrons. The number of benzene rings is 1. The van der Waals surface area contributed by atoms with Crippen molar-refractivity contribution in [3.05, 3.63) is 34.4 Å². The summed E-state index contributed by atoms with van der Waals surface area (Å²) in [5.74, 6) is 0. The fraction of sp³-hybridized carbons (Fsp3) is 0.600. The largest absolute Gasteiger partial charge is 0.313 e. The summed E-state index contributed by atoms with van der Waals surface area (Å²) >= 11 is 0. The van der Waals surface area contributed by atoms with Crippen LogP contribution in [-0.4, -0.2) is 27.0 Å². The van der Waals surface area contributed by atoms with Gasteiger partial charge in [0.1, 0.15) is 0 Å². The number of nitrogens with one attached hydrogen (secondary N) is 1. The second-order valence-corrected chi connectivity index (χ2v) is 7.10. The Morgan fingerprint density at radius 2 is 1.95 bits per heavy atom. The van der Waals surface area contributed by atoms with Crippen molar-refractivity contribution in [1.29, 1.82) is 0 Å². The molecule has 1 fully saturated rings. The van der Waals surface area contributed by atoms with Crippen molar-refractivity contribution in [3.8, 4) is 0 Å². The topological polar surface area (TPSA) is 72.2 Å². The normalized spacial score (nSPS) is 23.7. The Morgan fingerprint density at radius 1 is 1.29 bits per heavy atom. The van der Waals surface area contributed by atoms with E-state index in [1.807, 2.05) is 0 Å². The van der Waals surface area contributed by atoms with E-state index in [-0.39, 0.29) is 17.0 Å². The molecule has 1 aromatic carbocycles. The number of nitrogens with zero attached hydrogens (tertiary/aromatic N) is 1. The van der Waals surface area contributed by atoms with Crippen LogP contribution in [0.3, 0.4) is 0 Å². The van der Waals surface area contributed by atoms with Gasteiger partial charge in [-0.2, -0.15) is 0 Å². The summed E-state index contributed by atoms with van der Waals surface area (Å²) in [7, 11) is -1.11. The SMILES string of the molecule is CCCNC1CCCCC1S(=O)c1ccc([N+](=O)[O-])cc1. The molecule has 3 atom stereocenters. The second-order valence-electron chi connectivity index (χ2n) is 5.43. The molecule has 21 heavy (non-hydrogen) atoms. The standard InChI is InChI=1S/C15H22N2O3S/c1-2-11-16-14-5-3-4-6-15(14)21(20)13-9-7-12(8-10-13)17(18)19/h7-10,14-16H,2-6,11H2,1H3. The first-order valence-corrected chi connectivity index (χ1v) is 8.73. The molecule has 0 spiro atoms. The van der Waals surface area contributed by atoms with Crippen molar-refractivity contribution in [2.75, 3.05) is 6.54 Å². The molecule has 1 N–H and O–H groups in total. The minimum atomic E-state index is -1.11. The van der Waals surface area contributed by atoms with Crippen LogP contribution in [0.2, 0.25) is 0 Å². The van der Waals surface area contributed by atoms with Crippen molar-refractivity contribution in [1.82, 2.24) is 5.32 Å². The Labute approximate surface area is 127 Å². The highest BCUT2D eigenvalue weighted by Crippen LogP contribution is 2.27. The molecule has 6 heteroatoms. The molecular weight excluding hydrogens is 288 g/mol. The van der Waals surface area contributed by atoms with Crippen LogP contribution in [-0.2, 0) is 10.8 Å². The lowest BCUT2D eigenvalue weighted by Crippen LogP contribution is -2.44. The van der Waals surface area contributed by atoms with Gasteiger partial charge in [-0.15, -0.1) is 0 Å². The molecule has 116 valence electrons. The number of hydrogen-bond donors (Lipinski definition) is 1. The first-order valence-electron chi connectivity index (χ1n) is 7.52. The first-order chi connectivity index (χ1) is 10.1. The molecule has 1 saturated carbocycles. The van der Waals surface area contributed by atoms with E-state index in [0.29, 0.717) is 4.90 Å². The smallest absolute Gasteiger partial charge is 0.269 e. The Bertz CT molecular complexity index is 504. The summed E-state index contributed by atoms with van der Waals surface area (Å²) in [5, 5.41) is 14.3. The van der Waals surface area contributed by atoms with E-state index in [1.165, 1.54) is 18.6 Å². The number of nitro benzene ring substituents is 1. The van der Waals surface area contributed by atoms with Gasteiger partial charge in [-0.25, -0.2) is 0 Å². The highest BCUT2D eigenvalue weighted by molar-refractivity contribution is 7.85. The fourth-order valence-electron chi connectivity index (χ4n) is 2.79. The molecule has 1 aromatic rings. The van der Waals surface area contributed by atoms with Crippen LogP contribution in [0, 0.1) is 10.1 Å². The molecule has 5 nitrogen and oxygen atoms in total. The highest BCUT2D eigenvalue weighted by atomic mass is 32.2. The quantitative estimate of drug-likeness (QED) is 0.647. The summed E-state index contributed by atoms with van der Waals surface area (Å²) in [4.78, 5) is 10.9.